The van der Waals surface area contributed by atoms with Crippen molar-refractivity contribution in [2.24, 2.45) is 0 Å². The van der Waals surface area contributed by atoms with Crippen molar-refractivity contribution in [3.63, 3.8) is 0 Å². The molecule has 0 unspecified atom stereocenters. The van der Waals surface area contributed by atoms with E-state index < -0.39 is 5.60 Å². The fourth-order valence-corrected chi connectivity index (χ4v) is 2.91. The fraction of sp³-hybridized carbons (Fsp3) is 0.692. The van der Waals surface area contributed by atoms with Gasteiger partial charge in [0.1, 0.15) is 5.60 Å². The van der Waals surface area contributed by atoms with Crippen molar-refractivity contribution in [3.05, 3.63) is 11.6 Å². The molecule has 1 aromatic rings. The Morgan fingerprint density at radius 3 is 3.05 bits per heavy atom. The average Bonchev–Trinajstić information content (AvgIpc) is 2.94. The number of hydrogen-bond donors (Lipinski definition) is 1. The summed E-state index contributed by atoms with van der Waals surface area (Å²) in [6, 6.07) is 0.318. The summed E-state index contributed by atoms with van der Waals surface area (Å²) in [5.74, 6) is 0. The van der Waals surface area contributed by atoms with Gasteiger partial charge in [0.25, 0.3) is 0 Å². The number of anilines is 1. The van der Waals surface area contributed by atoms with Crippen LogP contribution in [-0.4, -0.2) is 35.8 Å². The molecule has 6 heteroatoms. The normalized spacial score (nSPS) is 19.5. The van der Waals surface area contributed by atoms with Crippen LogP contribution < -0.4 is 10.2 Å². The van der Waals surface area contributed by atoms with Gasteiger partial charge in [0, 0.05) is 30.7 Å². The standard InChI is InChI=1S/C13H21N3O2S/c1-13(2,3)18-12(17)15-9-10-5-4-7-16(10)11-14-6-8-19-11/h6,8,10H,4-5,7,9H2,1-3H3,(H,15,17)/t10-/m1/s1. The van der Waals surface area contributed by atoms with Crippen LogP contribution in [0.25, 0.3) is 0 Å². The highest BCUT2D eigenvalue weighted by molar-refractivity contribution is 7.13. The van der Waals surface area contributed by atoms with Gasteiger partial charge in [-0.2, -0.15) is 0 Å². The van der Waals surface area contributed by atoms with Crippen molar-refractivity contribution in [1.82, 2.24) is 10.3 Å². The van der Waals surface area contributed by atoms with Gasteiger partial charge >= 0.3 is 6.09 Å². The van der Waals surface area contributed by atoms with E-state index in [2.05, 4.69) is 15.2 Å². The van der Waals surface area contributed by atoms with Crippen molar-refractivity contribution in [1.29, 1.82) is 0 Å². The highest BCUT2D eigenvalue weighted by Gasteiger charge is 2.27. The molecule has 0 bridgehead atoms. The van der Waals surface area contributed by atoms with Crippen molar-refractivity contribution < 1.29 is 9.53 Å². The summed E-state index contributed by atoms with van der Waals surface area (Å²) >= 11 is 1.64. The zero-order valence-electron chi connectivity index (χ0n) is 11.7. The molecule has 19 heavy (non-hydrogen) atoms. The lowest BCUT2D eigenvalue weighted by Gasteiger charge is -2.25. The minimum atomic E-state index is -0.450. The summed E-state index contributed by atoms with van der Waals surface area (Å²) in [7, 11) is 0. The maximum atomic E-state index is 11.6. The molecule has 0 aliphatic carbocycles. The highest BCUT2D eigenvalue weighted by Crippen LogP contribution is 2.26. The van der Waals surface area contributed by atoms with Crippen LogP contribution in [0.15, 0.2) is 11.6 Å². The Morgan fingerprint density at radius 2 is 2.42 bits per heavy atom. The molecular weight excluding hydrogens is 262 g/mol. The third kappa shape index (κ3) is 4.09. The number of alkyl carbamates (subject to hydrolysis) is 1. The van der Waals surface area contributed by atoms with E-state index in [4.69, 9.17) is 4.74 Å². The topological polar surface area (TPSA) is 54.5 Å². The Bertz CT molecular complexity index is 414. The van der Waals surface area contributed by atoms with Crippen LogP contribution >= 0.6 is 11.3 Å². The summed E-state index contributed by atoms with van der Waals surface area (Å²) in [5.41, 5.74) is -0.450. The maximum absolute atomic E-state index is 11.6. The Morgan fingerprint density at radius 1 is 1.63 bits per heavy atom. The van der Waals surface area contributed by atoms with Gasteiger partial charge in [0.2, 0.25) is 0 Å². The van der Waals surface area contributed by atoms with Gasteiger partial charge in [-0.15, -0.1) is 11.3 Å². The lowest BCUT2D eigenvalue weighted by atomic mass is 10.2. The molecule has 1 aromatic heterocycles. The minimum Gasteiger partial charge on any atom is -0.444 e. The molecule has 1 aliphatic heterocycles. The summed E-state index contributed by atoms with van der Waals surface area (Å²) in [4.78, 5) is 18.2. The molecule has 0 aromatic carbocycles. The first-order valence-electron chi connectivity index (χ1n) is 6.59. The Labute approximate surface area is 118 Å². The number of rotatable bonds is 3. The number of nitrogens with one attached hydrogen (secondary N) is 1. The average molecular weight is 283 g/mol. The summed E-state index contributed by atoms with van der Waals surface area (Å²) < 4.78 is 5.24. The molecule has 5 nitrogen and oxygen atoms in total. The largest absolute Gasteiger partial charge is 0.444 e. The first kappa shape index (κ1) is 14.1. The molecule has 1 N–H and O–H groups in total. The fourth-order valence-electron chi connectivity index (χ4n) is 2.17. The van der Waals surface area contributed by atoms with E-state index >= 15 is 0 Å². The second kappa shape index (κ2) is 5.77. The number of carbonyl (C=O) groups is 1. The van der Waals surface area contributed by atoms with Crippen molar-refractivity contribution in [2.75, 3.05) is 18.0 Å². The molecule has 1 fully saturated rings. The second-order valence-corrected chi connectivity index (χ2v) is 6.56. The van der Waals surface area contributed by atoms with Gasteiger partial charge in [0.05, 0.1) is 0 Å². The molecule has 1 aliphatic rings. The summed E-state index contributed by atoms with van der Waals surface area (Å²) in [6.07, 6.45) is 3.69. The Balaban J connectivity index is 1.84. The molecule has 1 amide bonds. The quantitative estimate of drug-likeness (QED) is 0.926. The molecule has 106 valence electrons. The smallest absolute Gasteiger partial charge is 0.407 e. The van der Waals surface area contributed by atoms with E-state index in [0.29, 0.717) is 12.6 Å². The number of ether oxygens (including phenoxy) is 1. The molecule has 1 saturated heterocycles. The van der Waals surface area contributed by atoms with Crippen LogP contribution in [0.3, 0.4) is 0 Å². The number of nitrogens with zero attached hydrogens (tertiary/aromatic N) is 2. The van der Waals surface area contributed by atoms with E-state index in [-0.39, 0.29) is 6.09 Å². The van der Waals surface area contributed by atoms with E-state index in [1.165, 1.54) is 0 Å². The predicted octanol–water partition coefficient (Wildman–Crippen LogP) is 2.64. The third-order valence-corrected chi connectivity index (χ3v) is 3.73. The van der Waals surface area contributed by atoms with Crippen molar-refractivity contribution >= 4 is 22.6 Å². The SMILES string of the molecule is CC(C)(C)OC(=O)NC[C@H]1CCCN1c1nccs1. The lowest BCUT2D eigenvalue weighted by Crippen LogP contribution is -2.42. The number of thiazole rings is 1. The van der Waals surface area contributed by atoms with Gasteiger partial charge < -0.3 is 15.0 Å². The van der Waals surface area contributed by atoms with Gasteiger partial charge in [-0.1, -0.05) is 0 Å². The molecule has 2 rings (SSSR count). The Kier molecular flexibility index (Phi) is 4.29. The van der Waals surface area contributed by atoms with Gasteiger partial charge in [0.15, 0.2) is 5.13 Å². The van der Waals surface area contributed by atoms with E-state index in [1.54, 1.807) is 11.3 Å². The summed E-state index contributed by atoms with van der Waals surface area (Å²) in [5, 5.41) is 5.86. The number of hydrogen-bond acceptors (Lipinski definition) is 5. The van der Waals surface area contributed by atoms with Crippen LogP contribution in [0.4, 0.5) is 9.93 Å². The third-order valence-electron chi connectivity index (χ3n) is 2.92. The predicted molar refractivity (Wildman–Crippen MR) is 76.7 cm³/mol. The van der Waals surface area contributed by atoms with Crippen LogP contribution in [0.5, 0.6) is 0 Å². The molecule has 2 heterocycles. The van der Waals surface area contributed by atoms with E-state index in [0.717, 1.165) is 24.5 Å². The zero-order valence-corrected chi connectivity index (χ0v) is 12.5. The van der Waals surface area contributed by atoms with Gasteiger partial charge in [-0.3, -0.25) is 0 Å². The lowest BCUT2D eigenvalue weighted by molar-refractivity contribution is 0.0525. The molecule has 1 atom stereocenters. The molecule has 0 saturated carbocycles. The molecule has 0 spiro atoms. The Hall–Kier alpha value is -1.30. The first-order valence-corrected chi connectivity index (χ1v) is 7.47. The zero-order chi connectivity index (χ0) is 13.9. The maximum Gasteiger partial charge on any atom is 0.407 e. The number of amides is 1. The number of aromatic nitrogens is 1. The molecular formula is C13H21N3O2S. The van der Waals surface area contributed by atoms with E-state index in [9.17, 15) is 4.79 Å². The van der Waals surface area contributed by atoms with Crippen LogP contribution in [-0.2, 0) is 4.74 Å². The highest BCUT2D eigenvalue weighted by atomic mass is 32.1. The van der Waals surface area contributed by atoms with Gasteiger partial charge in [-0.05, 0) is 33.6 Å². The van der Waals surface area contributed by atoms with Crippen molar-refractivity contribution in [2.45, 2.75) is 45.3 Å². The van der Waals surface area contributed by atoms with Crippen molar-refractivity contribution in [3.8, 4) is 0 Å². The summed E-state index contributed by atoms with van der Waals surface area (Å²) in [6.45, 7) is 7.21. The monoisotopic (exact) mass is 283 g/mol. The number of carbonyl (C=O) groups excluding carboxylic acids is 1. The van der Waals surface area contributed by atoms with Crippen LogP contribution in [0.2, 0.25) is 0 Å². The molecule has 0 radical (unpaired) electrons. The van der Waals surface area contributed by atoms with Crippen LogP contribution in [0, 0.1) is 0 Å². The second-order valence-electron chi connectivity index (χ2n) is 5.69. The van der Waals surface area contributed by atoms with Gasteiger partial charge in [-0.25, -0.2) is 9.78 Å². The van der Waals surface area contributed by atoms with E-state index in [1.807, 2.05) is 32.3 Å². The van der Waals surface area contributed by atoms with Crippen LogP contribution in [0.1, 0.15) is 33.6 Å². The first-order chi connectivity index (χ1) is 8.96. The minimum absolute atomic E-state index is 0.318.